The Balaban J connectivity index is 1.61. The summed E-state index contributed by atoms with van der Waals surface area (Å²) in [4.78, 5) is 12.5. The van der Waals surface area contributed by atoms with Crippen molar-refractivity contribution < 1.29 is 31.1 Å². The van der Waals surface area contributed by atoms with Crippen LogP contribution in [0.4, 0.5) is 13.2 Å². The molecule has 2 heterocycles. The third kappa shape index (κ3) is 5.16. The van der Waals surface area contributed by atoms with Crippen molar-refractivity contribution in [3.8, 4) is 0 Å². The molecular formula is C18H19F3N2O4S2. The van der Waals surface area contributed by atoms with Gasteiger partial charge in [-0.3, -0.25) is 4.79 Å². The second kappa shape index (κ2) is 8.82. The number of carbonyl (C=O) groups excluding carboxylic acids is 1. The van der Waals surface area contributed by atoms with Crippen LogP contribution in [0, 0.1) is 0 Å². The van der Waals surface area contributed by atoms with Crippen LogP contribution in [0.15, 0.2) is 40.6 Å². The molecule has 0 aliphatic carbocycles. The molecule has 1 N–H and O–H groups in total. The first-order valence-corrected chi connectivity index (χ1v) is 11.1. The van der Waals surface area contributed by atoms with Gasteiger partial charge in [-0.15, -0.1) is 11.3 Å². The number of morpholine rings is 1. The van der Waals surface area contributed by atoms with Gasteiger partial charge in [-0.2, -0.15) is 17.5 Å². The fourth-order valence-electron chi connectivity index (χ4n) is 2.85. The molecule has 1 saturated heterocycles. The smallest absolute Gasteiger partial charge is 0.379 e. The summed E-state index contributed by atoms with van der Waals surface area (Å²) >= 11 is 1.03. The fourth-order valence-corrected chi connectivity index (χ4v) is 5.58. The molecule has 1 amide bonds. The summed E-state index contributed by atoms with van der Waals surface area (Å²) < 4.78 is 69.8. The van der Waals surface area contributed by atoms with Gasteiger partial charge in [0.25, 0.3) is 5.91 Å². The lowest BCUT2D eigenvalue weighted by Gasteiger charge is -2.26. The molecule has 0 atom stereocenters. The van der Waals surface area contributed by atoms with E-state index in [1.807, 2.05) is 0 Å². The Morgan fingerprint density at radius 2 is 1.79 bits per heavy atom. The van der Waals surface area contributed by atoms with Crippen LogP contribution in [0.1, 0.15) is 20.8 Å². The van der Waals surface area contributed by atoms with Crippen LogP contribution in [0.3, 0.4) is 0 Å². The number of alkyl halides is 3. The van der Waals surface area contributed by atoms with Gasteiger partial charge in [0.15, 0.2) is 0 Å². The Bertz CT molecular complexity index is 950. The topological polar surface area (TPSA) is 75.7 Å². The number of hydrogen-bond acceptors (Lipinski definition) is 5. The molecule has 158 valence electrons. The monoisotopic (exact) mass is 448 g/mol. The average molecular weight is 448 g/mol. The van der Waals surface area contributed by atoms with Crippen molar-refractivity contribution in [1.82, 2.24) is 9.62 Å². The molecule has 0 radical (unpaired) electrons. The van der Waals surface area contributed by atoms with E-state index in [2.05, 4.69) is 5.32 Å². The van der Waals surface area contributed by atoms with Crippen molar-refractivity contribution >= 4 is 27.3 Å². The van der Waals surface area contributed by atoms with Crippen LogP contribution in [-0.2, 0) is 27.4 Å². The molecule has 1 aliphatic heterocycles. The number of carbonyl (C=O) groups is 1. The van der Waals surface area contributed by atoms with E-state index in [-0.39, 0.29) is 29.4 Å². The van der Waals surface area contributed by atoms with Crippen molar-refractivity contribution in [2.24, 2.45) is 0 Å². The van der Waals surface area contributed by atoms with Gasteiger partial charge in [-0.1, -0.05) is 12.1 Å². The predicted octanol–water partition coefficient (Wildman–Crippen LogP) is 2.76. The molecule has 6 nitrogen and oxygen atoms in total. The molecule has 1 aromatic heterocycles. The molecule has 0 spiro atoms. The number of sulfonamides is 1. The van der Waals surface area contributed by atoms with E-state index in [1.165, 1.54) is 27.9 Å². The normalized spacial score (nSPS) is 16.0. The Hall–Kier alpha value is -1.95. The highest BCUT2D eigenvalue weighted by molar-refractivity contribution is 7.89. The van der Waals surface area contributed by atoms with Gasteiger partial charge in [0.2, 0.25) is 10.0 Å². The molecule has 1 aliphatic rings. The van der Waals surface area contributed by atoms with E-state index < -0.39 is 27.7 Å². The second-order valence-electron chi connectivity index (χ2n) is 6.33. The molecule has 2 aromatic rings. The quantitative estimate of drug-likeness (QED) is 0.738. The Morgan fingerprint density at radius 3 is 2.41 bits per heavy atom. The van der Waals surface area contributed by atoms with Gasteiger partial charge in [0.05, 0.1) is 18.8 Å². The van der Waals surface area contributed by atoms with Crippen molar-refractivity contribution in [3.63, 3.8) is 0 Å². The number of rotatable bonds is 6. The summed E-state index contributed by atoms with van der Waals surface area (Å²) in [5, 5.41) is 4.18. The lowest BCUT2D eigenvalue weighted by Crippen LogP contribution is -2.41. The first-order valence-electron chi connectivity index (χ1n) is 8.79. The van der Waals surface area contributed by atoms with Crippen LogP contribution < -0.4 is 5.32 Å². The molecule has 0 bridgehead atoms. The maximum atomic E-state index is 12.8. The van der Waals surface area contributed by atoms with Crippen LogP contribution in [-0.4, -0.2) is 51.5 Å². The van der Waals surface area contributed by atoms with Gasteiger partial charge in [0.1, 0.15) is 9.77 Å². The number of benzene rings is 1. The standard InChI is InChI=1S/C18H19F3N2O4S2/c19-18(20,21)14-3-1-13(2-4-14)5-7-22-17(24)16-15(6-12-28-16)29(25,26)23-8-10-27-11-9-23/h1-4,6,12H,5,7-11H2,(H,22,24). The van der Waals surface area contributed by atoms with Gasteiger partial charge >= 0.3 is 6.18 Å². The Labute approximate surface area is 170 Å². The summed E-state index contributed by atoms with van der Waals surface area (Å²) in [5.41, 5.74) is -0.104. The molecule has 0 unspecified atom stereocenters. The fraction of sp³-hybridized carbons (Fsp3) is 0.389. The zero-order valence-electron chi connectivity index (χ0n) is 15.2. The zero-order chi connectivity index (χ0) is 21.1. The van der Waals surface area contributed by atoms with E-state index in [0.29, 0.717) is 25.2 Å². The highest BCUT2D eigenvalue weighted by Crippen LogP contribution is 2.29. The van der Waals surface area contributed by atoms with Crippen molar-refractivity contribution in [2.75, 3.05) is 32.8 Å². The van der Waals surface area contributed by atoms with E-state index in [0.717, 1.165) is 23.5 Å². The van der Waals surface area contributed by atoms with E-state index in [1.54, 1.807) is 0 Å². The molecule has 3 rings (SSSR count). The van der Waals surface area contributed by atoms with Crippen LogP contribution >= 0.6 is 11.3 Å². The molecule has 11 heteroatoms. The van der Waals surface area contributed by atoms with Gasteiger partial charge in [-0.25, -0.2) is 8.42 Å². The van der Waals surface area contributed by atoms with Crippen molar-refractivity contribution in [2.45, 2.75) is 17.5 Å². The van der Waals surface area contributed by atoms with Gasteiger partial charge < -0.3 is 10.1 Å². The number of halogens is 3. The van der Waals surface area contributed by atoms with E-state index in [4.69, 9.17) is 4.74 Å². The van der Waals surface area contributed by atoms with Crippen LogP contribution in [0.2, 0.25) is 0 Å². The molecule has 29 heavy (non-hydrogen) atoms. The van der Waals surface area contributed by atoms with Gasteiger partial charge in [-0.05, 0) is 35.6 Å². The maximum absolute atomic E-state index is 12.8. The molecule has 1 aromatic carbocycles. The van der Waals surface area contributed by atoms with Crippen LogP contribution in [0.5, 0.6) is 0 Å². The third-order valence-corrected chi connectivity index (χ3v) is 7.39. The second-order valence-corrected chi connectivity index (χ2v) is 9.15. The minimum atomic E-state index is -4.39. The highest BCUT2D eigenvalue weighted by Gasteiger charge is 2.31. The lowest BCUT2D eigenvalue weighted by atomic mass is 10.1. The Kier molecular flexibility index (Phi) is 6.62. The largest absolute Gasteiger partial charge is 0.416 e. The highest BCUT2D eigenvalue weighted by atomic mass is 32.2. The molecule has 0 saturated carbocycles. The summed E-state index contributed by atoms with van der Waals surface area (Å²) in [6.07, 6.45) is -4.07. The summed E-state index contributed by atoms with van der Waals surface area (Å²) in [6.45, 7) is 1.23. The summed E-state index contributed by atoms with van der Waals surface area (Å²) in [7, 11) is -3.79. The minimum absolute atomic E-state index is 0.0450. The van der Waals surface area contributed by atoms with E-state index >= 15 is 0 Å². The predicted molar refractivity (Wildman–Crippen MR) is 101 cm³/mol. The van der Waals surface area contributed by atoms with E-state index in [9.17, 15) is 26.4 Å². The minimum Gasteiger partial charge on any atom is -0.379 e. The zero-order valence-corrected chi connectivity index (χ0v) is 16.9. The lowest BCUT2D eigenvalue weighted by molar-refractivity contribution is -0.137. The third-order valence-electron chi connectivity index (χ3n) is 4.40. The Morgan fingerprint density at radius 1 is 1.14 bits per heavy atom. The molecule has 1 fully saturated rings. The number of nitrogens with zero attached hydrogens (tertiary/aromatic N) is 1. The number of nitrogens with one attached hydrogen (secondary N) is 1. The maximum Gasteiger partial charge on any atom is 0.416 e. The van der Waals surface area contributed by atoms with Gasteiger partial charge in [0, 0.05) is 19.6 Å². The molecular weight excluding hydrogens is 429 g/mol. The summed E-state index contributed by atoms with van der Waals surface area (Å²) in [6, 6.07) is 6.09. The number of amides is 1. The first kappa shape index (κ1) is 21.8. The number of ether oxygens (including phenoxy) is 1. The van der Waals surface area contributed by atoms with Crippen molar-refractivity contribution in [1.29, 1.82) is 0 Å². The summed E-state index contributed by atoms with van der Waals surface area (Å²) in [5.74, 6) is -0.529. The first-order chi connectivity index (χ1) is 13.7. The number of thiophene rings is 1. The number of hydrogen-bond donors (Lipinski definition) is 1. The van der Waals surface area contributed by atoms with Crippen molar-refractivity contribution in [3.05, 3.63) is 51.7 Å². The van der Waals surface area contributed by atoms with Crippen LogP contribution in [0.25, 0.3) is 0 Å². The SMILES string of the molecule is O=C(NCCc1ccc(C(F)(F)F)cc1)c1sccc1S(=O)(=O)N1CCOCC1. The average Bonchev–Trinajstić information content (AvgIpc) is 3.19.